The van der Waals surface area contributed by atoms with Gasteiger partial charge in [0.1, 0.15) is 5.56 Å². The number of aromatic nitrogens is 2. The average Bonchev–Trinajstić information content (AvgIpc) is 2.57. The Kier molecular flexibility index (Phi) is 3.05. The number of aliphatic hydroxyl groups excluding tert-OH is 1. The number of carboxylic acids is 1. The van der Waals surface area contributed by atoms with Gasteiger partial charge in [0.15, 0.2) is 6.10 Å². The van der Waals surface area contributed by atoms with Crippen LogP contribution in [0, 0.1) is 0 Å². The van der Waals surface area contributed by atoms with E-state index in [1.807, 2.05) is 0 Å². The lowest BCUT2D eigenvalue weighted by Gasteiger charge is -2.07. The van der Waals surface area contributed by atoms with Crippen LogP contribution in [0.25, 0.3) is 0 Å². The fraction of sp³-hybridized carbons (Fsp3) is 0.375. The maximum atomic E-state index is 11.2. The van der Waals surface area contributed by atoms with Crippen LogP contribution < -0.4 is 0 Å². The lowest BCUT2D eigenvalue weighted by Crippen LogP contribution is -2.18. The molecule has 0 aromatic carbocycles. The maximum Gasteiger partial charge on any atom is 0.341 e. The van der Waals surface area contributed by atoms with Gasteiger partial charge in [0.05, 0.1) is 19.0 Å². The third-order valence-electron chi connectivity index (χ3n) is 1.88. The first-order valence-corrected chi connectivity index (χ1v) is 4.00. The van der Waals surface area contributed by atoms with E-state index >= 15 is 0 Å². The van der Waals surface area contributed by atoms with E-state index in [4.69, 9.17) is 5.11 Å². The van der Waals surface area contributed by atoms with Gasteiger partial charge in [-0.15, -0.1) is 0 Å². The molecule has 1 rings (SSSR count). The zero-order valence-electron chi connectivity index (χ0n) is 8.17. The highest BCUT2D eigenvalue weighted by atomic mass is 16.5. The van der Waals surface area contributed by atoms with Crippen molar-refractivity contribution in [1.82, 2.24) is 9.78 Å². The van der Waals surface area contributed by atoms with Crippen LogP contribution in [0.5, 0.6) is 0 Å². The highest BCUT2D eigenvalue weighted by Crippen LogP contribution is 2.18. The molecule has 0 aliphatic carbocycles. The molecule has 1 heterocycles. The number of carbonyl (C=O) groups excluding carboxylic acids is 1. The molecule has 7 heteroatoms. The highest BCUT2D eigenvalue weighted by Gasteiger charge is 2.27. The van der Waals surface area contributed by atoms with E-state index in [-0.39, 0.29) is 11.3 Å². The smallest absolute Gasteiger partial charge is 0.341 e. The predicted molar refractivity (Wildman–Crippen MR) is 47.1 cm³/mol. The molecular formula is C8H10N2O5. The Hall–Kier alpha value is -1.89. The molecule has 0 amide bonds. The Balaban J connectivity index is 3.20. The minimum absolute atomic E-state index is 0.0603. The van der Waals surface area contributed by atoms with Gasteiger partial charge in [-0.2, -0.15) is 5.10 Å². The normalized spacial score (nSPS) is 12.2. The standard InChI is InChI=1S/C8H10N2O5/c1-10-5(6(11)7(12)13)4(3-9-10)8(14)15-2/h3,6,11H,1-2H3,(H,12,13). The number of ether oxygens (including phenoxy) is 1. The topological polar surface area (TPSA) is 102 Å². The molecule has 1 unspecified atom stereocenters. The number of rotatable bonds is 3. The second-order valence-electron chi connectivity index (χ2n) is 2.80. The molecule has 82 valence electrons. The van der Waals surface area contributed by atoms with Gasteiger partial charge >= 0.3 is 11.9 Å². The quantitative estimate of drug-likeness (QED) is 0.646. The molecule has 0 fully saturated rings. The molecular weight excluding hydrogens is 204 g/mol. The van der Waals surface area contributed by atoms with Gasteiger partial charge in [-0.25, -0.2) is 9.59 Å². The number of hydrogen-bond acceptors (Lipinski definition) is 5. The first-order valence-electron chi connectivity index (χ1n) is 4.00. The summed E-state index contributed by atoms with van der Waals surface area (Å²) in [5.41, 5.74) is -0.163. The van der Waals surface area contributed by atoms with Gasteiger partial charge in [0.25, 0.3) is 0 Å². The van der Waals surface area contributed by atoms with Crippen LogP contribution >= 0.6 is 0 Å². The second-order valence-corrected chi connectivity index (χ2v) is 2.80. The second kappa shape index (κ2) is 4.09. The van der Waals surface area contributed by atoms with E-state index in [9.17, 15) is 14.7 Å². The number of carbonyl (C=O) groups is 2. The summed E-state index contributed by atoms with van der Waals surface area (Å²) in [6, 6.07) is 0. The molecule has 0 aliphatic heterocycles. The largest absolute Gasteiger partial charge is 0.479 e. The van der Waals surface area contributed by atoms with E-state index in [0.717, 1.165) is 18.0 Å². The Labute approximate surface area is 84.9 Å². The van der Waals surface area contributed by atoms with Gasteiger partial charge in [-0.3, -0.25) is 4.68 Å². The summed E-state index contributed by atoms with van der Waals surface area (Å²) in [5.74, 6) is -2.19. The molecule has 1 aromatic heterocycles. The highest BCUT2D eigenvalue weighted by molar-refractivity contribution is 5.92. The van der Waals surface area contributed by atoms with Crippen molar-refractivity contribution in [3.8, 4) is 0 Å². The van der Waals surface area contributed by atoms with Crippen molar-refractivity contribution >= 4 is 11.9 Å². The molecule has 0 radical (unpaired) electrons. The van der Waals surface area contributed by atoms with E-state index in [0.29, 0.717) is 0 Å². The monoisotopic (exact) mass is 214 g/mol. The van der Waals surface area contributed by atoms with Crippen molar-refractivity contribution in [3.63, 3.8) is 0 Å². The number of aryl methyl sites for hydroxylation is 1. The lowest BCUT2D eigenvalue weighted by atomic mass is 10.1. The Bertz CT molecular complexity index is 398. The first-order chi connectivity index (χ1) is 6.99. The molecule has 2 N–H and O–H groups in total. The number of methoxy groups -OCH3 is 1. The van der Waals surface area contributed by atoms with Crippen LogP contribution in [-0.2, 0) is 16.6 Å². The summed E-state index contributed by atoms with van der Waals surface area (Å²) in [7, 11) is 2.58. The molecule has 0 bridgehead atoms. The molecule has 0 saturated carbocycles. The predicted octanol–water partition coefficient (Wildman–Crippen LogP) is -0.675. The molecule has 1 atom stereocenters. The van der Waals surface area contributed by atoms with Gasteiger partial charge in [0.2, 0.25) is 0 Å². The van der Waals surface area contributed by atoms with E-state index in [1.165, 1.54) is 7.05 Å². The van der Waals surface area contributed by atoms with Crippen LogP contribution in [0.2, 0.25) is 0 Å². The number of esters is 1. The first kappa shape index (κ1) is 11.2. The summed E-state index contributed by atoms with van der Waals surface area (Å²) in [6.07, 6.45) is -0.653. The third-order valence-corrected chi connectivity index (χ3v) is 1.88. The zero-order chi connectivity index (χ0) is 11.6. The van der Waals surface area contributed by atoms with Gasteiger partial charge < -0.3 is 14.9 Å². The van der Waals surface area contributed by atoms with Crippen molar-refractivity contribution in [1.29, 1.82) is 0 Å². The summed E-state index contributed by atoms with van der Waals surface area (Å²) in [4.78, 5) is 21.8. The summed E-state index contributed by atoms with van der Waals surface area (Å²) in [5, 5.41) is 21.6. The average molecular weight is 214 g/mol. The van der Waals surface area contributed by atoms with Crippen molar-refractivity contribution in [2.45, 2.75) is 6.10 Å². The van der Waals surface area contributed by atoms with Gasteiger partial charge in [0, 0.05) is 7.05 Å². The minimum atomic E-state index is -1.80. The van der Waals surface area contributed by atoms with Gasteiger partial charge in [-0.05, 0) is 0 Å². The van der Waals surface area contributed by atoms with Crippen LogP contribution in [0.4, 0.5) is 0 Å². The van der Waals surface area contributed by atoms with Crippen molar-refractivity contribution < 1.29 is 24.5 Å². The molecule has 15 heavy (non-hydrogen) atoms. The molecule has 0 spiro atoms. The number of nitrogens with zero attached hydrogens (tertiary/aromatic N) is 2. The van der Waals surface area contributed by atoms with E-state index in [2.05, 4.69) is 9.84 Å². The summed E-state index contributed by atoms with van der Waals surface area (Å²) >= 11 is 0. The number of aliphatic hydroxyl groups is 1. The number of hydrogen-bond donors (Lipinski definition) is 2. The summed E-state index contributed by atoms with van der Waals surface area (Å²) in [6.45, 7) is 0. The van der Waals surface area contributed by atoms with Crippen LogP contribution in [0.15, 0.2) is 6.20 Å². The van der Waals surface area contributed by atoms with E-state index in [1.54, 1.807) is 0 Å². The summed E-state index contributed by atoms with van der Waals surface area (Å²) < 4.78 is 5.54. The number of aliphatic carboxylic acids is 1. The Morgan fingerprint density at radius 1 is 1.60 bits per heavy atom. The van der Waals surface area contributed by atoms with Gasteiger partial charge in [-0.1, -0.05) is 0 Å². The van der Waals surface area contributed by atoms with Crippen molar-refractivity contribution in [2.75, 3.05) is 7.11 Å². The van der Waals surface area contributed by atoms with Crippen molar-refractivity contribution in [2.24, 2.45) is 7.05 Å². The molecule has 1 aromatic rings. The third kappa shape index (κ3) is 1.96. The SMILES string of the molecule is COC(=O)c1cnn(C)c1C(O)C(=O)O. The minimum Gasteiger partial charge on any atom is -0.479 e. The fourth-order valence-corrected chi connectivity index (χ4v) is 1.16. The molecule has 0 aliphatic rings. The van der Waals surface area contributed by atoms with Crippen LogP contribution in [-0.4, -0.2) is 39.0 Å². The molecule has 7 nitrogen and oxygen atoms in total. The Morgan fingerprint density at radius 2 is 2.20 bits per heavy atom. The van der Waals surface area contributed by atoms with Crippen molar-refractivity contribution in [3.05, 3.63) is 17.5 Å². The lowest BCUT2D eigenvalue weighted by molar-refractivity contribution is -0.147. The Morgan fingerprint density at radius 3 is 2.67 bits per heavy atom. The van der Waals surface area contributed by atoms with Crippen LogP contribution in [0.3, 0.4) is 0 Å². The molecule has 0 saturated heterocycles. The van der Waals surface area contributed by atoms with E-state index < -0.39 is 18.0 Å². The zero-order valence-corrected chi connectivity index (χ0v) is 8.17. The number of carboxylic acid groups (broad SMARTS) is 1. The van der Waals surface area contributed by atoms with Crippen LogP contribution in [0.1, 0.15) is 22.2 Å². The fourth-order valence-electron chi connectivity index (χ4n) is 1.16. The maximum absolute atomic E-state index is 11.2.